The lowest BCUT2D eigenvalue weighted by atomic mass is 10.1. The molecule has 2 rings (SSSR count). The molecule has 138 valence electrons. The Bertz CT molecular complexity index is 750. The third kappa shape index (κ3) is 5.77. The van der Waals surface area contributed by atoms with Crippen LogP contribution in [0.4, 0.5) is 5.69 Å². The van der Waals surface area contributed by atoms with Gasteiger partial charge in [0.1, 0.15) is 12.3 Å². The lowest BCUT2D eigenvalue weighted by Crippen LogP contribution is -2.40. The second-order valence-electron chi connectivity index (χ2n) is 5.86. The fourth-order valence-electron chi connectivity index (χ4n) is 2.60. The van der Waals surface area contributed by atoms with E-state index in [1.807, 2.05) is 18.2 Å². The number of hydrogen-bond acceptors (Lipinski definition) is 3. The Morgan fingerprint density at radius 1 is 1.15 bits per heavy atom. The molecule has 0 aliphatic heterocycles. The number of anilines is 1. The monoisotopic (exact) mass is 374 g/mol. The summed E-state index contributed by atoms with van der Waals surface area (Å²) in [5.41, 5.74) is 1.71. The molecule has 0 saturated carbocycles. The van der Waals surface area contributed by atoms with E-state index in [0.29, 0.717) is 23.0 Å². The molecule has 0 aliphatic carbocycles. The molecule has 26 heavy (non-hydrogen) atoms. The Balaban J connectivity index is 1.92. The highest BCUT2D eigenvalue weighted by Gasteiger charge is 2.19. The van der Waals surface area contributed by atoms with Crippen LogP contribution in [-0.2, 0) is 16.0 Å². The SMILES string of the molecule is COc1ccc(Cl)cc1N(CC(=O)NCCCc1ccccc1)C(C)=O. The van der Waals surface area contributed by atoms with Crippen LogP contribution in [0.2, 0.25) is 5.02 Å². The van der Waals surface area contributed by atoms with Gasteiger partial charge in [0.25, 0.3) is 0 Å². The van der Waals surface area contributed by atoms with Gasteiger partial charge in [0.05, 0.1) is 12.8 Å². The first-order valence-electron chi connectivity index (χ1n) is 8.43. The van der Waals surface area contributed by atoms with E-state index in [1.54, 1.807) is 18.2 Å². The number of amides is 2. The maximum absolute atomic E-state index is 12.2. The quantitative estimate of drug-likeness (QED) is 0.720. The van der Waals surface area contributed by atoms with Crippen LogP contribution in [0.3, 0.4) is 0 Å². The summed E-state index contributed by atoms with van der Waals surface area (Å²) in [4.78, 5) is 25.6. The standard InChI is InChI=1S/C20H23ClN2O3/c1-15(24)23(18-13-17(21)10-11-19(18)26-2)14-20(25)22-12-6-9-16-7-4-3-5-8-16/h3-5,7-8,10-11,13H,6,9,12,14H2,1-2H3,(H,22,25). The molecule has 5 nitrogen and oxygen atoms in total. The number of hydrogen-bond donors (Lipinski definition) is 1. The number of benzene rings is 2. The molecule has 0 spiro atoms. The number of rotatable bonds is 8. The highest BCUT2D eigenvalue weighted by atomic mass is 35.5. The summed E-state index contributed by atoms with van der Waals surface area (Å²) in [5, 5.41) is 3.32. The van der Waals surface area contributed by atoms with Crippen molar-refractivity contribution in [2.24, 2.45) is 0 Å². The van der Waals surface area contributed by atoms with E-state index in [4.69, 9.17) is 16.3 Å². The van der Waals surface area contributed by atoms with Crippen molar-refractivity contribution in [3.63, 3.8) is 0 Å². The van der Waals surface area contributed by atoms with Crippen LogP contribution < -0.4 is 15.0 Å². The van der Waals surface area contributed by atoms with Crippen LogP contribution in [-0.4, -0.2) is 32.0 Å². The van der Waals surface area contributed by atoms with Gasteiger partial charge in [-0.15, -0.1) is 0 Å². The minimum Gasteiger partial charge on any atom is -0.495 e. The molecule has 0 bridgehead atoms. The highest BCUT2D eigenvalue weighted by Crippen LogP contribution is 2.31. The summed E-state index contributed by atoms with van der Waals surface area (Å²) in [6.07, 6.45) is 1.72. The zero-order valence-electron chi connectivity index (χ0n) is 15.0. The maximum Gasteiger partial charge on any atom is 0.240 e. The predicted molar refractivity (Wildman–Crippen MR) is 104 cm³/mol. The van der Waals surface area contributed by atoms with Gasteiger partial charge in [-0.3, -0.25) is 14.5 Å². The van der Waals surface area contributed by atoms with Gasteiger partial charge < -0.3 is 10.1 Å². The van der Waals surface area contributed by atoms with Crippen molar-refractivity contribution < 1.29 is 14.3 Å². The second-order valence-corrected chi connectivity index (χ2v) is 6.30. The number of halogens is 1. The molecule has 0 unspecified atom stereocenters. The summed E-state index contributed by atoms with van der Waals surface area (Å²) in [5.74, 6) is 0.00164. The van der Waals surface area contributed by atoms with Gasteiger partial charge in [-0.2, -0.15) is 0 Å². The average molecular weight is 375 g/mol. The van der Waals surface area contributed by atoms with E-state index < -0.39 is 0 Å². The molecule has 1 N–H and O–H groups in total. The number of methoxy groups -OCH3 is 1. The fourth-order valence-corrected chi connectivity index (χ4v) is 2.77. The van der Waals surface area contributed by atoms with Gasteiger partial charge in [-0.25, -0.2) is 0 Å². The van der Waals surface area contributed by atoms with Gasteiger partial charge in [-0.1, -0.05) is 41.9 Å². The van der Waals surface area contributed by atoms with Gasteiger partial charge in [0.15, 0.2) is 0 Å². The van der Waals surface area contributed by atoms with E-state index in [-0.39, 0.29) is 18.4 Å². The lowest BCUT2D eigenvalue weighted by Gasteiger charge is -2.23. The van der Waals surface area contributed by atoms with Gasteiger partial charge in [0, 0.05) is 18.5 Å². The summed E-state index contributed by atoms with van der Waals surface area (Å²) < 4.78 is 5.28. The van der Waals surface area contributed by atoms with E-state index in [1.165, 1.54) is 24.5 Å². The normalized spacial score (nSPS) is 10.3. The first kappa shape index (κ1) is 19.8. The molecule has 0 heterocycles. The van der Waals surface area contributed by atoms with E-state index in [9.17, 15) is 9.59 Å². The van der Waals surface area contributed by atoms with Crippen molar-refractivity contribution in [3.05, 3.63) is 59.1 Å². The minimum atomic E-state index is -0.259. The van der Waals surface area contributed by atoms with Crippen LogP contribution in [0, 0.1) is 0 Å². The molecular weight excluding hydrogens is 352 g/mol. The topological polar surface area (TPSA) is 58.6 Å². The first-order valence-corrected chi connectivity index (χ1v) is 8.81. The van der Waals surface area contributed by atoms with Gasteiger partial charge >= 0.3 is 0 Å². The van der Waals surface area contributed by atoms with Crippen LogP contribution in [0.1, 0.15) is 18.9 Å². The molecule has 2 aromatic carbocycles. The van der Waals surface area contributed by atoms with E-state index in [0.717, 1.165) is 12.8 Å². The number of ether oxygens (including phenoxy) is 1. The van der Waals surface area contributed by atoms with Crippen LogP contribution in [0.15, 0.2) is 48.5 Å². The molecule has 0 atom stereocenters. The first-order chi connectivity index (χ1) is 12.5. The molecule has 0 aromatic heterocycles. The Morgan fingerprint density at radius 2 is 1.88 bits per heavy atom. The average Bonchev–Trinajstić information content (AvgIpc) is 2.64. The van der Waals surface area contributed by atoms with Crippen molar-refractivity contribution >= 4 is 29.1 Å². The summed E-state index contributed by atoms with van der Waals surface area (Å²) >= 11 is 6.03. The smallest absolute Gasteiger partial charge is 0.240 e. The molecule has 0 aliphatic rings. The summed E-state index contributed by atoms with van der Waals surface area (Å²) in [7, 11) is 1.51. The third-order valence-corrected chi connectivity index (χ3v) is 4.16. The van der Waals surface area contributed by atoms with Crippen molar-refractivity contribution in [2.45, 2.75) is 19.8 Å². The fraction of sp³-hybridized carbons (Fsp3) is 0.300. The molecule has 0 fully saturated rings. The maximum atomic E-state index is 12.2. The molecule has 0 radical (unpaired) electrons. The van der Waals surface area contributed by atoms with Crippen LogP contribution in [0.25, 0.3) is 0 Å². The van der Waals surface area contributed by atoms with Gasteiger partial charge in [0.2, 0.25) is 11.8 Å². The van der Waals surface area contributed by atoms with Crippen molar-refractivity contribution in [2.75, 3.05) is 25.1 Å². The summed E-state index contributed by atoms with van der Waals surface area (Å²) in [6, 6.07) is 15.1. The van der Waals surface area contributed by atoms with Crippen molar-refractivity contribution in [1.29, 1.82) is 0 Å². The minimum absolute atomic E-state index is 0.0859. The Kier molecular flexibility index (Phi) is 7.48. The van der Waals surface area contributed by atoms with E-state index in [2.05, 4.69) is 17.4 Å². The number of carbonyl (C=O) groups excluding carboxylic acids is 2. The molecule has 2 amide bonds. The second kappa shape index (κ2) is 9.82. The Labute approximate surface area is 158 Å². The van der Waals surface area contributed by atoms with E-state index >= 15 is 0 Å². The van der Waals surface area contributed by atoms with Crippen molar-refractivity contribution in [3.8, 4) is 5.75 Å². The summed E-state index contributed by atoms with van der Waals surface area (Å²) in [6.45, 7) is 1.87. The zero-order valence-corrected chi connectivity index (χ0v) is 15.8. The predicted octanol–water partition coefficient (Wildman–Crippen LogP) is 3.45. The van der Waals surface area contributed by atoms with Crippen LogP contribution in [0.5, 0.6) is 5.75 Å². The molecule has 0 saturated heterocycles. The Morgan fingerprint density at radius 3 is 2.54 bits per heavy atom. The number of aryl methyl sites for hydroxylation is 1. The largest absolute Gasteiger partial charge is 0.495 e. The molecular formula is C20H23ClN2O3. The van der Waals surface area contributed by atoms with Crippen LogP contribution >= 0.6 is 11.6 Å². The Hall–Kier alpha value is -2.53. The number of nitrogens with one attached hydrogen (secondary N) is 1. The van der Waals surface area contributed by atoms with Gasteiger partial charge in [-0.05, 0) is 36.6 Å². The third-order valence-electron chi connectivity index (χ3n) is 3.92. The lowest BCUT2D eigenvalue weighted by molar-refractivity contribution is -0.123. The molecule has 6 heteroatoms. The highest BCUT2D eigenvalue weighted by molar-refractivity contribution is 6.31. The molecule has 2 aromatic rings. The zero-order chi connectivity index (χ0) is 18.9. The van der Waals surface area contributed by atoms with Crippen molar-refractivity contribution in [1.82, 2.24) is 5.32 Å². The number of carbonyl (C=O) groups is 2. The number of nitrogens with zero attached hydrogens (tertiary/aromatic N) is 1.